The molecule has 0 spiro atoms. The molecule has 0 radical (unpaired) electrons. The van der Waals surface area contributed by atoms with E-state index in [4.69, 9.17) is 5.26 Å². The molecule has 0 N–H and O–H groups in total. The third-order valence-electron chi connectivity index (χ3n) is 2.94. The predicted molar refractivity (Wildman–Crippen MR) is 70.5 cm³/mol. The van der Waals surface area contributed by atoms with Crippen LogP contribution in [0.2, 0.25) is 0 Å². The molecule has 1 atom stereocenters. The van der Waals surface area contributed by atoms with Gasteiger partial charge in [-0.2, -0.15) is 9.57 Å². The van der Waals surface area contributed by atoms with Crippen LogP contribution in [0, 0.1) is 31.1 Å². The van der Waals surface area contributed by atoms with E-state index >= 15 is 0 Å². The second-order valence-corrected chi connectivity index (χ2v) is 6.61. The highest BCUT2D eigenvalue weighted by Crippen LogP contribution is 2.18. The predicted octanol–water partition coefficient (Wildman–Crippen LogP) is 2.08. The van der Waals surface area contributed by atoms with Crippen LogP contribution in [0.4, 0.5) is 0 Å². The van der Waals surface area contributed by atoms with Gasteiger partial charge >= 0.3 is 0 Å². The van der Waals surface area contributed by atoms with E-state index in [2.05, 4.69) is 0 Å². The molecule has 0 aromatic heterocycles. The van der Waals surface area contributed by atoms with Crippen molar-refractivity contribution in [2.75, 3.05) is 13.6 Å². The summed E-state index contributed by atoms with van der Waals surface area (Å²) in [4.78, 5) is 0.276. The summed E-state index contributed by atoms with van der Waals surface area (Å²) < 4.78 is 25.8. The van der Waals surface area contributed by atoms with E-state index in [1.54, 1.807) is 25.1 Å². The second kappa shape index (κ2) is 5.51. The number of sulfonamides is 1. The topological polar surface area (TPSA) is 61.2 Å². The molecule has 5 heteroatoms. The molecule has 0 aliphatic heterocycles. The molecule has 1 unspecified atom stereocenters. The minimum Gasteiger partial charge on any atom is -0.207 e. The van der Waals surface area contributed by atoms with E-state index in [-0.39, 0.29) is 17.4 Å². The van der Waals surface area contributed by atoms with E-state index in [0.717, 1.165) is 11.1 Å². The van der Waals surface area contributed by atoms with Crippen molar-refractivity contribution >= 4 is 10.0 Å². The first-order valence-corrected chi connectivity index (χ1v) is 7.16. The third-order valence-corrected chi connectivity index (χ3v) is 4.76. The largest absolute Gasteiger partial charge is 0.242 e. The van der Waals surface area contributed by atoms with Crippen molar-refractivity contribution in [1.29, 1.82) is 5.26 Å². The van der Waals surface area contributed by atoms with Crippen LogP contribution < -0.4 is 0 Å². The number of nitrogens with zero attached hydrogens (tertiary/aromatic N) is 2. The van der Waals surface area contributed by atoms with E-state index < -0.39 is 10.0 Å². The quantitative estimate of drug-likeness (QED) is 0.838. The number of aryl methyl sites for hydroxylation is 2. The molecule has 1 aromatic carbocycles. The Morgan fingerprint density at radius 1 is 1.33 bits per heavy atom. The maximum atomic E-state index is 12.3. The fraction of sp³-hybridized carbons (Fsp3) is 0.462. The van der Waals surface area contributed by atoms with Gasteiger partial charge in [0.1, 0.15) is 0 Å². The van der Waals surface area contributed by atoms with Crippen molar-refractivity contribution in [2.45, 2.75) is 25.7 Å². The molecular formula is C13H18N2O2S. The van der Waals surface area contributed by atoms with Crippen LogP contribution in [0.5, 0.6) is 0 Å². The number of benzene rings is 1. The summed E-state index contributed by atoms with van der Waals surface area (Å²) in [5.41, 5.74) is 2.00. The first-order valence-electron chi connectivity index (χ1n) is 5.72. The molecule has 0 saturated heterocycles. The molecule has 0 amide bonds. The number of rotatable bonds is 4. The van der Waals surface area contributed by atoms with Gasteiger partial charge in [-0.3, -0.25) is 0 Å². The van der Waals surface area contributed by atoms with Crippen molar-refractivity contribution in [1.82, 2.24) is 4.31 Å². The standard InChI is InChI=1S/C13H18N2O2S/c1-10(8-14)9-15(4)18(16,17)13-6-5-11(2)12(3)7-13/h5-7,10H,9H2,1-4H3. The number of hydrogen-bond donors (Lipinski definition) is 0. The van der Waals surface area contributed by atoms with Crippen molar-refractivity contribution in [3.8, 4) is 6.07 Å². The minimum absolute atomic E-state index is 0.200. The highest BCUT2D eigenvalue weighted by Gasteiger charge is 2.22. The van der Waals surface area contributed by atoms with E-state index in [1.807, 2.05) is 19.9 Å². The average molecular weight is 266 g/mol. The highest BCUT2D eigenvalue weighted by molar-refractivity contribution is 7.89. The SMILES string of the molecule is Cc1ccc(S(=O)(=O)N(C)CC(C)C#N)cc1C. The average Bonchev–Trinajstić information content (AvgIpc) is 2.32. The zero-order valence-electron chi connectivity index (χ0n) is 11.1. The maximum Gasteiger partial charge on any atom is 0.242 e. The van der Waals surface area contributed by atoms with Gasteiger partial charge < -0.3 is 0 Å². The Balaban J connectivity index is 3.06. The summed E-state index contributed by atoms with van der Waals surface area (Å²) >= 11 is 0. The molecule has 1 rings (SSSR count). The van der Waals surface area contributed by atoms with Crippen LogP contribution in [0.1, 0.15) is 18.1 Å². The Bertz CT molecular complexity index is 573. The maximum absolute atomic E-state index is 12.3. The van der Waals surface area contributed by atoms with Gasteiger partial charge in [-0.05, 0) is 44.0 Å². The number of hydrogen-bond acceptors (Lipinski definition) is 3. The van der Waals surface area contributed by atoms with Crippen LogP contribution in [-0.2, 0) is 10.0 Å². The van der Waals surface area contributed by atoms with Crippen LogP contribution in [0.25, 0.3) is 0 Å². The van der Waals surface area contributed by atoms with Gasteiger partial charge in [0.25, 0.3) is 0 Å². The molecule has 0 heterocycles. The Kier molecular flexibility index (Phi) is 4.49. The molecule has 1 aromatic rings. The smallest absolute Gasteiger partial charge is 0.207 e. The molecule has 0 aliphatic carbocycles. The summed E-state index contributed by atoms with van der Waals surface area (Å²) in [5.74, 6) is -0.323. The molecule has 0 bridgehead atoms. The lowest BCUT2D eigenvalue weighted by Crippen LogP contribution is -2.30. The first kappa shape index (κ1) is 14.7. The lowest BCUT2D eigenvalue weighted by molar-refractivity contribution is 0.439. The lowest BCUT2D eigenvalue weighted by Gasteiger charge is -2.18. The summed E-state index contributed by atoms with van der Waals surface area (Å²) in [6, 6.07) is 7.10. The lowest BCUT2D eigenvalue weighted by atomic mass is 10.1. The van der Waals surface area contributed by atoms with Crippen molar-refractivity contribution < 1.29 is 8.42 Å². The van der Waals surface area contributed by atoms with Gasteiger partial charge in [-0.1, -0.05) is 6.07 Å². The van der Waals surface area contributed by atoms with Gasteiger partial charge in [0.05, 0.1) is 16.9 Å². The fourth-order valence-electron chi connectivity index (χ4n) is 1.58. The first-order chi connectivity index (χ1) is 8.28. The molecule has 4 nitrogen and oxygen atoms in total. The summed E-state index contributed by atoms with van der Waals surface area (Å²) in [7, 11) is -2.00. The fourth-order valence-corrected chi connectivity index (χ4v) is 2.92. The summed E-state index contributed by atoms with van der Waals surface area (Å²) in [6.45, 7) is 5.72. The van der Waals surface area contributed by atoms with Crippen LogP contribution in [0.3, 0.4) is 0 Å². The van der Waals surface area contributed by atoms with E-state index in [9.17, 15) is 8.42 Å². The molecule has 0 fully saturated rings. The molecule has 0 aliphatic rings. The monoisotopic (exact) mass is 266 g/mol. The molecule has 18 heavy (non-hydrogen) atoms. The van der Waals surface area contributed by atoms with Gasteiger partial charge in [-0.15, -0.1) is 0 Å². The van der Waals surface area contributed by atoms with E-state index in [0.29, 0.717) is 0 Å². The Labute approximate surface area is 109 Å². The van der Waals surface area contributed by atoms with Crippen molar-refractivity contribution in [3.63, 3.8) is 0 Å². The third kappa shape index (κ3) is 3.09. The highest BCUT2D eigenvalue weighted by atomic mass is 32.2. The molecule has 0 saturated carbocycles. The van der Waals surface area contributed by atoms with E-state index in [1.165, 1.54) is 11.4 Å². The molecular weight excluding hydrogens is 248 g/mol. The van der Waals surface area contributed by atoms with Crippen molar-refractivity contribution in [3.05, 3.63) is 29.3 Å². The number of nitriles is 1. The van der Waals surface area contributed by atoms with Gasteiger partial charge in [0, 0.05) is 13.6 Å². The zero-order chi connectivity index (χ0) is 13.9. The Morgan fingerprint density at radius 3 is 2.44 bits per heavy atom. The zero-order valence-corrected chi connectivity index (χ0v) is 12.0. The van der Waals surface area contributed by atoms with Crippen LogP contribution in [0.15, 0.2) is 23.1 Å². The Hall–Kier alpha value is -1.38. The van der Waals surface area contributed by atoms with Crippen LogP contribution in [-0.4, -0.2) is 26.3 Å². The van der Waals surface area contributed by atoms with Gasteiger partial charge in [-0.25, -0.2) is 8.42 Å². The van der Waals surface area contributed by atoms with Crippen molar-refractivity contribution in [2.24, 2.45) is 5.92 Å². The summed E-state index contributed by atoms with van der Waals surface area (Å²) in [5, 5.41) is 8.73. The molecule has 98 valence electrons. The minimum atomic E-state index is -3.50. The Morgan fingerprint density at radius 2 is 1.94 bits per heavy atom. The van der Waals surface area contributed by atoms with Gasteiger partial charge in [0.15, 0.2) is 0 Å². The second-order valence-electron chi connectivity index (χ2n) is 4.56. The van der Waals surface area contributed by atoms with Crippen LogP contribution >= 0.6 is 0 Å². The normalized spacial score (nSPS) is 13.3. The van der Waals surface area contributed by atoms with Gasteiger partial charge in [0.2, 0.25) is 10.0 Å². The summed E-state index contributed by atoms with van der Waals surface area (Å²) in [6.07, 6.45) is 0.